The van der Waals surface area contributed by atoms with Crippen LogP contribution in [0.15, 0.2) is 12.2 Å². The number of aliphatic hydroxyl groups excluding tert-OH is 1. The topological polar surface area (TPSA) is 46.5 Å². The fourth-order valence-electron chi connectivity index (χ4n) is 5.91. The van der Waals surface area contributed by atoms with E-state index >= 15 is 0 Å². The number of hydrogen-bond donors (Lipinski definition) is 1. The van der Waals surface area contributed by atoms with Gasteiger partial charge in [0.1, 0.15) is 6.10 Å². The molecule has 0 aliphatic heterocycles. The summed E-state index contributed by atoms with van der Waals surface area (Å²) in [5.74, 6) is 1.21. The third-order valence-corrected chi connectivity index (χ3v) is 7.14. The van der Waals surface area contributed by atoms with Crippen molar-refractivity contribution in [3.05, 3.63) is 12.2 Å². The van der Waals surface area contributed by atoms with Crippen LogP contribution in [0.2, 0.25) is 0 Å². The molecule has 0 aromatic carbocycles. The Hall–Kier alpha value is -1.04. The number of aliphatic hydroxyl groups is 1. The molecule has 4 aliphatic rings. The minimum absolute atomic E-state index is 0.0306. The Morgan fingerprint density at radius 2 is 2.00 bits per heavy atom. The molecule has 8 atom stereocenters. The Morgan fingerprint density at radius 3 is 2.64 bits per heavy atom. The van der Waals surface area contributed by atoms with E-state index in [1.807, 2.05) is 0 Å². The highest BCUT2D eigenvalue weighted by Crippen LogP contribution is 2.55. The molecule has 1 N–H and O–H groups in total. The molecule has 3 fully saturated rings. The Morgan fingerprint density at radius 1 is 1.20 bits per heavy atom. The second-order valence-corrected chi connectivity index (χ2v) is 8.47. The van der Waals surface area contributed by atoms with Crippen LogP contribution in [0.25, 0.3) is 0 Å². The molecule has 4 bridgehead atoms. The van der Waals surface area contributed by atoms with Crippen LogP contribution in [0.1, 0.15) is 38.5 Å². The number of carbonyl (C=O) groups excluding carboxylic acids is 1. The number of fused-ring (bicyclic) bond motifs is 4. The van der Waals surface area contributed by atoms with Gasteiger partial charge in [-0.25, -0.2) is 0 Å². The van der Waals surface area contributed by atoms with E-state index in [2.05, 4.69) is 12.2 Å². The summed E-state index contributed by atoms with van der Waals surface area (Å²) in [5.41, 5.74) is 0. The van der Waals surface area contributed by atoms with Crippen molar-refractivity contribution in [3.63, 3.8) is 0 Å². The van der Waals surface area contributed by atoms with Gasteiger partial charge in [0.15, 0.2) is 0 Å². The fraction of sp³-hybridized carbons (Fsp3) is 0.842. The standard InChI is InChI=1S/C19H25F3O3/c20-19(21,22)17(23)8-13-7-12-3-4-14(13)16(12)9-25-18(24)15-6-10-1-2-11(15)5-10/h1-2,10-17,23H,3-9H2. The van der Waals surface area contributed by atoms with Crippen molar-refractivity contribution in [2.24, 2.45) is 41.4 Å². The van der Waals surface area contributed by atoms with Crippen LogP contribution >= 0.6 is 0 Å². The average Bonchev–Trinajstić information content (AvgIpc) is 3.31. The van der Waals surface area contributed by atoms with Crippen molar-refractivity contribution in [2.75, 3.05) is 6.61 Å². The summed E-state index contributed by atoms with van der Waals surface area (Å²) in [7, 11) is 0. The van der Waals surface area contributed by atoms with E-state index in [0.29, 0.717) is 24.4 Å². The van der Waals surface area contributed by atoms with Gasteiger partial charge in [0.2, 0.25) is 0 Å². The number of allylic oxidation sites excluding steroid dienone is 2. The lowest BCUT2D eigenvalue weighted by molar-refractivity contribution is -0.209. The van der Waals surface area contributed by atoms with Crippen LogP contribution in [0.5, 0.6) is 0 Å². The second-order valence-electron chi connectivity index (χ2n) is 8.47. The molecule has 25 heavy (non-hydrogen) atoms. The number of hydrogen-bond acceptors (Lipinski definition) is 3. The normalized spacial score (nSPS) is 43.0. The molecule has 0 heterocycles. The summed E-state index contributed by atoms with van der Waals surface area (Å²) < 4.78 is 43.5. The van der Waals surface area contributed by atoms with Crippen LogP contribution in [0, 0.1) is 41.4 Å². The van der Waals surface area contributed by atoms with Crippen LogP contribution in [-0.4, -0.2) is 30.0 Å². The van der Waals surface area contributed by atoms with E-state index < -0.39 is 12.3 Å². The highest BCUT2D eigenvalue weighted by molar-refractivity contribution is 5.74. The summed E-state index contributed by atoms with van der Waals surface area (Å²) in [4.78, 5) is 12.4. The molecule has 0 aromatic heterocycles. The van der Waals surface area contributed by atoms with E-state index in [9.17, 15) is 23.1 Å². The van der Waals surface area contributed by atoms with Crippen molar-refractivity contribution in [1.82, 2.24) is 0 Å². The molecule has 140 valence electrons. The monoisotopic (exact) mass is 358 g/mol. The predicted molar refractivity (Wildman–Crippen MR) is 84.3 cm³/mol. The first-order valence-corrected chi connectivity index (χ1v) is 9.42. The lowest BCUT2D eigenvalue weighted by atomic mass is 9.84. The third kappa shape index (κ3) is 3.22. The van der Waals surface area contributed by atoms with Crippen molar-refractivity contribution in [2.45, 2.75) is 50.8 Å². The van der Waals surface area contributed by atoms with E-state index in [-0.39, 0.29) is 36.1 Å². The van der Waals surface area contributed by atoms with Gasteiger partial charge in [0, 0.05) is 0 Å². The highest BCUT2D eigenvalue weighted by Gasteiger charge is 2.51. The minimum atomic E-state index is -4.54. The van der Waals surface area contributed by atoms with Gasteiger partial charge in [-0.15, -0.1) is 0 Å². The highest BCUT2D eigenvalue weighted by atomic mass is 19.4. The smallest absolute Gasteiger partial charge is 0.414 e. The molecule has 4 rings (SSSR count). The lowest BCUT2D eigenvalue weighted by Gasteiger charge is -2.26. The number of carbonyl (C=O) groups is 1. The van der Waals surface area contributed by atoms with E-state index in [1.54, 1.807) is 0 Å². The molecule has 0 saturated heterocycles. The maximum Gasteiger partial charge on any atom is 0.414 e. The Balaban J connectivity index is 1.30. The summed E-state index contributed by atoms with van der Waals surface area (Å²) in [5, 5.41) is 9.37. The van der Waals surface area contributed by atoms with Gasteiger partial charge in [-0.3, -0.25) is 4.79 Å². The van der Waals surface area contributed by atoms with Crippen LogP contribution in [-0.2, 0) is 9.53 Å². The summed E-state index contributed by atoms with van der Waals surface area (Å²) >= 11 is 0. The third-order valence-electron chi connectivity index (χ3n) is 7.14. The first-order chi connectivity index (χ1) is 11.8. The zero-order chi connectivity index (χ0) is 17.8. The maximum absolute atomic E-state index is 12.6. The van der Waals surface area contributed by atoms with Gasteiger partial charge in [-0.1, -0.05) is 12.2 Å². The zero-order valence-electron chi connectivity index (χ0n) is 14.1. The zero-order valence-corrected chi connectivity index (χ0v) is 14.1. The summed E-state index contributed by atoms with van der Waals surface area (Å²) in [6.45, 7) is 0.338. The quantitative estimate of drug-likeness (QED) is 0.602. The lowest BCUT2D eigenvalue weighted by Crippen LogP contribution is -2.32. The van der Waals surface area contributed by atoms with Crippen molar-refractivity contribution in [3.8, 4) is 0 Å². The fourth-order valence-corrected chi connectivity index (χ4v) is 5.91. The Kier molecular flexibility index (Phi) is 4.37. The van der Waals surface area contributed by atoms with Gasteiger partial charge in [0.25, 0.3) is 0 Å². The van der Waals surface area contributed by atoms with E-state index in [0.717, 1.165) is 32.1 Å². The number of esters is 1. The van der Waals surface area contributed by atoms with Crippen molar-refractivity contribution >= 4 is 5.97 Å². The minimum Gasteiger partial charge on any atom is -0.465 e. The second kappa shape index (κ2) is 6.29. The maximum atomic E-state index is 12.6. The van der Waals surface area contributed by atoms with Crippen molar-refractivity contribution in [1.29, 1.82) is 0 Å². The SMILES string of the molecule is O=C(OCC1C2CCC1C(CC(O)C(F)(F)F)C2)C1CC2C=CC1C2. The number of rotatable bonds is 5. The van der Waals surface area contributed by atoms with E-state index in [4.69, 9.17) is 4.74 Å². The Bertz CT molecular complexity index is 559. The molecular weight excluding hydrogens is 333 g/mol. The van der Waals surface area contributed by atoms with E-state index in [1.165, 1.54) is 0 Å². The molecule has 0 amide bonds. The molecular formula is C19H25F3O3. The Labute approximate surface area is 145 Å². The first-order valence-electron chi connectivity index (χ1n) is 9.42. The van der Waals surface area contributed by atoms with Gasteiger partial charge in [0.05, 0.1) is 12.5 Å². The number of alkyl halides is 3. The van der Waals surface area contributed by atoms with Gasteiger partial charge < -0.3 is 9.84 Å². The molecule has 0 aromatic rings. The van der Waals surface area contributed by atoms with Gasteiger partial charge >= 0.3 is 12.1 Å². The van der Waals surface area contributed by atoms with Gasteiger partial charge in [-0.2, -0.15) is 13.2 Å². The molecule has 4 aliphatic carbocycles. The van der Waals surface area contributed by atoms with Gasteiger partial charge in [-0.05, 0) is 74.0 Å². The molecule has 3 saturated carbocycles. The summed E-state index contributed by atoms with van der Waals surface area (Å²) in [6, 6.07) is 0. The average molecular weight is 358 g/mol. The van der Waals surface area contributed by atoms with Crippen molar-refractivity contribution < 1.29 is 27.8 Å². The molecule has 3 nitrogen and oxygen atoms in total. The largest absolute Gasteiger partial charge is 0.465 e. The van der Waals surface area contributed by atoms with Crippen LogP contribution in [0.3, 0.4) is 0 Å². The predicted octanol–water partition coefficient (Wildman–Crippen LogP) is 3.72. The molecule has 6 heteroatoms. The number of halogens is 3. The molecule has 0 radical (unpaired) electrons. The molecule has 8 unspecified atom stereocenters. The van der Waals surface area contributed by atoms with Crippen LogP contribution < -0.4 is 0 Å². The number of ether oxygens (including phenoxy) is 1. The summed E-state index contributed by atoms with van der Waals surface area (Å²) in [6.07, 6.45) is 1.84. The van der Waals surface area contributed by atoms with Crippen LogP contribution in [0.4, 0.5) is 13.2 Å². The molecule has 0 spiro atoms. The first kappa shape index (κ1) is 17.4.